The molecule has 0 amide bonds. The Kier molecular flexibility index (Phi) is 5.38. The van der Waals surface area contributed by atoms with E-state index in [9.17, 15) is 22.9 Å². The number of sulfonamides is 1. The van der Waals surface area contributed by atoms with Crippen LogP contribution in [0.3, 0.4) is 0 Å². The minimum Gasteiger partial charge on any atom is -0.258 e. The number of anilines is 1. The second-order valence-corrected chi connectivity index (χ2v) is 7.12. The van der Waals surface area contributed by atoms with Crippen LogP contribution in [-0.2, 0) is 10.0 Å². The SMILES string of the molecule is C=CC(C)N(c1cc([N+](=O)[O-])ccc1F)S(=O)(=O)c1cccc(C#N)c1. The highest BCUT2D eigenvalue weighted by Crippen LogP contribution is 2.32. The molecule has 0 aliphatic rings. The fourth-order valence-corrected chi connectivity index (χ4v) is 3.96. The Morgan fingerprint density at radius 2 is 2.04 bits per heavy atom. The van der Waals surface area contributed by atoms with Crippen LogP contribution in [0.1, 0.15) is 12.5 Å². The maximum Gasteiger partial charge on any atom is 0.271 e. The first-order valence-electron chi connectivity index (χ1n) is 7.33. The first-order valence-corrected chi connectivity index (χ1v) is 8.77. The lowest BCUT2D eigenvalue weighted by Gasteiger charge is -2.28. The zero-order chi connectivity index (χ0) is 19.5. The van der Waals surface area contributed by atoms with Crippen molar-refractivity contribution in [3.8, 4) is 6.07 Å². The number of nitro groups is 1. The average molecular weight is 375 g/mol. The number of rotatable bonds is 6. The summed E-state index contributed by atoms with van der Waals surface area (Å²) in [6, 6.07) is 8.76. The Balaban J connectivity index is 2.73. The average Bonchev–Trinajstić information content (AvgIpc) is 2.62. The van der Waals surface area contributed by atoms with E-state index >= 15 is 0 Å². The standard InChI is InChI=1S/C17H14FN3O4S/c1-3-12(2)20(17-10-14(21(22)23)7-8-16(17)18)26(24,25)15-6-4-5-13(9-15)11-19/h3-10,12H,1H2,2H3. The molecule has 0 aliphatic heterocycles. The number of halogens is 1. The van der Waals surface area contributed by atoms with E-state index in [-0.39, 0.29) is 10.5 Å². The van der Waals surface area contributed by atoms with Crippen LogP contribution in [0.15, 0.2) is 60.0 Å². The molecule has 0 N–H and O–H groups in total. The van der Waals surface area contributed by atoms with Gasteiger partial charge in [-0.25, -0.2) is 12.8 Å². The van der Waals surface area contributed by atoms with Crippen molar-refractivity contribution in [2.24, 2.45) is 0 Å². The van der Waals surface area contributed by atoms with Gasteiger partial charge in [-0.15, -0.1) is 6.58 Å². The molecule has 26 heavy (non-hydrogen) atoms. The number of nitrogens with zero attached hydrogens (tertiary/aromatic N) is 3. The number of nitro benzene ring substituents is 1. The summed E-state index contributed by atoms with van der Waals surface area (Å²) in [7, 11) is -4.31. The molecule has 2 aromatic carbocycles. The van der Waals surface area contributed by atoms with E-state index in [0.717, 1.165) is 24.3 Å². The van der Waals surface area contributed by atoms with Crippen LogP contribution in [0.4, 0.5) is 15.8 Å². The summed E-state index contributed by atoms with van der Waals surface area (Å²) in [6.07, 6.45) is 1.27. The topological polar surface area (TPSA) is 104 Å². The third-order valence-corrected chi connectivity index (χ3v) is 5.51. The predicted molar refractivity (Wildman–Crippen MR) is 93.5 cm³/mol. The number of hydrogen-bond donors (Lipinski definition) is 0. The van der Waals surface area contributed by atoms with E-state index in [2.05, 4.69) is 6.58 Å². The summed E-state index contributed by atoms with van der Waals surface area (Å²) in [6.45, 7) is 4.98. The molecule has 0 radical (unpaired) electrons. The summed E-state index contributed by atoms with van der Waals surface area (Å²) >= 11 is 0. The summed E-state index contributed by atoms with van der Waals surface area (Å²) < 4.78 is 41.2. The molecule has 0 saturated heterocycles. The maximum absolute atomic E-state index is 14.4. The molecule has 0 aromatic heterocycles. The Morgan fingerprint density at radius 1 is 1.35 bits per heavy atom. The Bertz CT molecular complexity index is 1010. The van der Waals surface area contributed by atoms with Gasteiger partial charge in [0.1, 0.15) is 5.82 Å². The van der Waals surface area contributed by atoms with Gasteiger partial charge in [0.25, 0.3) is 15.7 Å². The van der Waals surface area contributed by atoms with E-state index in [1.165, 1.54) is 31.2 Å². The second kappa shape index (κ2) is 7.33. The molecule has 0 aliphatic carbocycles. The molecule has 2 aromatic rings. The monoisotopic (exact) mass is 375 g/mol. The van der Waals surface area contributed by atoms with E-state index in [1.54, 1.807) is 0 Å². The summed E-state index contributed by atoms with van der Waals surface area (Å²) in [5.74, 6) is -0.940. The zero-order valence-corrected chi connectivity index (χ0v) is 14.5. The van der Waals surface area contributed by atoms with Crippen LogP contribution in [0.5, 0.6) is 0 Å². The molecule has 0 spiro atoms. The highest BCUT2D eigenvalue weighted by Gasteiger charge is 2.31. The molecule has 0 bridgehead atoms. The van der Waals surface area contributed by atoms with Crippen LogP contribution in [0.25, 0.3) is 0 Å². The number of hydrogen-bond acceptors (Lipinski definition) is 5. The van der Waals surface area contributed by atoms with Gasteiger partial charge in [-0.05, 0) is 31.2 Å². The van der Waals surface area contributed by atoms with Crippen LogP contribution in [0, 0.1) is 27.3 Å². The summed E-state index contributed by atoms with van der Waals surface area (Å²) in [5.41, 5.74) is -0.825. The van der Waals surface area contributed by atoms with Crippen LogP contribution in [-0.4, -0.2) is 19.4 Å². The summed E-state index contributed by atoms with van der Waals surface area (Å²) in [4.78, 5) is 10.0. The Labute approximate surface area is 149 Å². The molecule has 0 heterocycles. The summed E-state index contributed by atoms with van der Waals surface area (Å²) in [5, 5.41) is 20.0. The van der Waals surface area contributed by atoms with Gasteiger partial charge < -0.3 is 0 Å². The van der Waals surface area contributed by atoms with Gasteiger partial charge in [-0.3, -0.25) is 14.4 Å². The molecule has 9 heteroatoms. The quantitative estimate of drug-likeness (QED) is 0.437. The molecule has 1 unspecified atom stereocenters. The molecule has 0 fully saturated rings. The lowest BCUT2D eigenvalue weighted by molar-refractivity contribution is -0.384. The van der Waals surface area contributed by atoms with Gasteiger partial charge in [0.05, 0.1) is 33.2 Å². The Hall–Kier alpha value is -3.25. The lowest BCUT2D eigenvalue weighted by Crippen LogP contribution is -2.38. The third-order valence-electron chi connectivity index (χ3n) is 3.61. The lowest BCUT2D eigenvalue weighted by atomic mass is 10.2. The van der Waals surface area contributed by atoms with Gasteiger partial charge in [-0.1, -0.05) is 12.1 Å². The molecule has 0 saturated carbocycles. The molecule has 1 atom stereocenters. The molecule has 134 valence electrons. The van der Waals surface area contributed by atoms with Crippen molar-refractivity contribution >= 4 is 21.4 Å². The highest BCUT2D eigenvalue weighted by atomic mass is 32.2. The van der Waals surface area contributed by atoms with Crippen LogP contribution < -0.4 is 4.31 Å². The van der Waals surface area contributed by atoms with E-state index in [0.29, 0.717) is 4.31 Å². The fraction of sp³-hybridized carbons (Fsp3) is 0.118. The highest BCUT2D eigenvalue weighted by molar-refractivity contribution is 7.92. The van der Waals surface area contributed by atoms with Gasteiger partial charge in [-0.2, -0.15) is 5.26 Å². The van der Waals surface area contributed by atoms with E-state index in [1.807, 2.05) is 6.07 Å². The number of benzene rings is 2. The third kappa shape index (κ3) is 3.55. The van der Waals surface area contributed by atoms with E-state index in [4.69, 9.17) is 5.26 Å². The minimum absolute atomic E-state index is 0.108. The fourth-order valence-electron chi connectivity index (χ4n) is 2.29. The van der Waals surface area contributed by atoms with Gasteiger partial charge in [0.15, 0.2) is 0 Å². The second-order valence-electron chi connectivity index (χ2n) is 5.31. The maximum atomic E-state index is 14.4. The van der Waals surface area contributed by atoms with Crippen molar-refractivity contribution in [3.05, 3.63) is 76.6 Å². The van der Waals surface area contributed by atoms with Crippen molar-refractivity contribution in [1.82, 2.24) is 0 Å². The van der Waals surface area contributed by atoms with Crippen molar-refractivity contribution < 1.29 is 17.7 Å². The van der Waals surface area contributed by atoms with Crippen molar-refractivity contribution in [2.45, 2.75) is 17.9 Å². The normalized spacial score (nSPS) is 12.0. The first kappa shape index (κ1) is 19.1. The van der Waals surface area contributed by atoms with Crippen LogP contribution >= 0.6 is 0 Å². The van der Waals surface area contributed by atoms with Crippen molar-refractivity contribution in [1.29, 1.82) is 5.26 Å². The first-order chi connectivity index (χ1) is 12.2. The van der Waals surface area contributed by atoms with E-state index < -0.39 is 38.2 Å². The zero-order valence-electron chi connectivity index (χ0n) is 13.7. The predicted octanol–water partition coefficient (Wildman–Crippen LogP) is 3.38. The van der Waals surface area contributed by atoms with Gasteiger partial charge in [0, 0.05) is 12.1 Å². The molecular weight excluding hydrogens is 361 g/mol. The smallest absolute Gasteiger partial charge is 0.258 e. The van der Waals surface area contributed by atoms with Crippen molar-refractivity contribution in [3.63, 3.8) is 0 Å². The number of non-ortho nitro benzene ring substituents is 1. The van der Waals surface area contributed by atoms with Crippen molar-refractivity contribution in [2.75, 3.05) is 4.31 Å². The Morgan fingerprint density at radius 3 is 2.62 bits per heavy atom. The number of nitriles is 1. The molecule has 7 nitrogen and oxygen atoms in total. The largest absolute Gasteiger partial charge is 0.271 e. The minimum atomic E-state index is -4.31. The molecule has 2 rings (SSSR count). The van der Waals surface area contributed by atoms with Gasteiger partial charge in [0.2, 0.25) is 0 Å². The molecular formula is C17H14FN3O4S. The van der Waals surface area contributed by atoms with Gasteiger partial charge >= 0.3 is 0 Å². The van der Waals surface area contributed by atoms with Crippen LogP contribution in [0.2, 0.25) is 0 Å².